The van der Waals surface area contributed by atoms with Gasteiger partial charge in [0, 0.05) is 6.04 Å². The fourth-order valence-corrected chi connectivity index (χ4v) is 5.06. The van der Waals surface area contributed by atoms with Crippen LogP contribution in [-0.4, -0.2) is 21.6 Å². The van der Waals surface area contributed by atoms with Crippen LogP contribution in [0.2, 0.25) is 0 Å². The summed E-state index contributed by atoms with van der Waals surface area (Å²) in [6, 6.07) is 12.9. The van der Waals surface area contributed by atoms with Gasteiger partial charge in [0.05, 0.1) is 12.8 Å². The van der Waals surface area contributed by atoms with E-state index in [1.807, 2.05) is 44.2 Å². The minimum Gasteiger partial charge on any atom is -0.495 e. The van der Waals surface area contributed by atoms with E-state index in [4.69, 9.17) is 4.74 Å². The van der Waals surface area contributed by atoms with Crippen molar-refractivity contribution in [1.29, 1.82) is 0 Å². The molecule has 3 rings (SSSR count). The second-order valence-electron chi connectivity index (χ2n) is 5.82. The second-order valence-corrected chi connectivity index (χ2v) is 7.60. The van der Waals surface area contributed by atoms with Crippen LogP contribution >= 0.6 is 0 Å². The molecule has 2 aromatic carbocycles. The van der Waals surface area contributed by atoms with E-state index in [1.54, 1.807) is 12.1 Å². The van der Waals surface area contributed by atoms with Crippen molar-refractivity contribution in [3.05, 3.63) is 53.6 Å². The van der Waals surface area contributed by atoms with E-state index < -0.39 is 10.0 Å². The lowest BCUT2D eigenvalue weighted by atomic mass is 10.1. The number of anilines is 1. The third kappa shape index (κ3) is 2.59. The van der Waals surface area contributed by atoms with Crippen LogP contribution in [0.4, 0.5) is 5.69 Å². The molecule has 0 aliphatic carbocycles. The molecule has 0 radical (unpaired) electrons. The standard InChI is InChI=1S/C18H21NO3S/c1-4-14-9-10-17(22-3)18(12-14)23(20,21)19-13(2)11-15-7-5-6-8-16(15)19/h5-10,12-13H,4,11H2,1-3H3. The summed E-state index contributed by atoms with van der Waals surface area (Å²) in [5.41, 5.74) is 2.81. The van der Waals surface area contributed by atoms with Crippen LogP contribution in [0.3, 0.4) is 0 Å². The average molecular weight is 331 g/mol. The highest BCUT2D eigenvalue weighted by atomic mass is 32.2. The molecule has 1 atom stereocenters. The molecule has 0 saturated carbocycles. The molecule has 122 valence electrons. The van der Waals surface area contributed by atoms with Gasteiger partial charge in [-0.05, 0) is 49.1 Å². The fraction of sp³-hybridized carbons (Fsp3) is 0.333. The largest absolute Gasteiger partial charge is 0.495 e. The first-order chi connectivity index (χ1) is 11.0. The predicted octanol–water partition coefficient (Wildman–Crippen LogP) is 3.40. The van der Waals surface area contributed by atoms with E-state index in [0.29, 0.717) is 5.75 Å². The molecule has 23 heavy (non-hydrogen) atoms. The summed E-state index contributed by atoms with van der Waals surface area (Å²) >= 11 is 0. The Hall–Kier alpha value is -2.01. The molecule has 0 fully saturated rings. The molecule has 0 saturated heterocycles. The van der Waals surface area contributed by atoms with Crippen LogP contribution in [-0.2, 0) is 22.9 Å². The molecule has 1 heterocycles. The van der Waals surface area contributed by atoms with Crippen LogP contribution in [0, 0.1) is 0 Å². The molecule has 1 unspecified atom stereocenters. The number of hydrogen-bond acceptors (Lipinski definition) is 3. The Bertz CT molecular complexity index is 830. The molecule has 1 aliphatic heterocycles. The normalized spacial score (nSPS) is 17.2. The first kappa shape index (κ1) is 15.9. The number of benzene rings is 2. The molecule has 0 aromatic heterocycles. The smallest absolute Gasteiger partial charge is 0.268 e. The number of hydrogen-bond donors (Lipinski definition) is 0. The van der Waals surface area contributed by atoms with Gasteiger partial charge in [-0.15, -0.1) is 0 Å². The molecular weight excluding hydrogens is 310 g/mol. The summed E-state index contributed by atoms with van der Waals surface area (Å²) in [5.74, 6) is 0.388. The Kier molecular flexibility index (Phi) is 4.06. The molecular formula is C18H21NO3S. The topological polar surface area (TPSA) is 46.6 Å². The Labute approximate surface area is 137 Å². The van der Waals surface area contributed by atoms with Crippen molar-refractivity contribution >= 4 is 15.7 Å². The molecule has 4 nitrogen and oxygen atoms in total. The van der Waals surface area contributed by atoms with Crippen molar-refractivity contribution in [2.24, 2.45) is 0 Å². The minimum absolute atomic E-state index is 0.104. The summed E-state index contributed by atoms with van der Waals surface area (Å²) in [6.07, 6.45) is 1.50. The monoisotopic (exact) mass is 331 g/mol. The summed E-state index contributed by atoms with van der Waals surface area (Å²) in [7, 11) is -2.17. The SMILES string of the molecule is CCc1ccc(OC)c(S(=O)(=O)N2c3ccccc3CC2C)c1. The van der Waals surface area contributed by atoms with Gasteiger partial charge >= 0.3 is 0 Å². The van der Waals surface area contributed by atoms with Crippen LogP contribution in [0.25, 0.3) is 0 Å². The number of para-hydroxylation sites is 1. The van der Waals surface area contributed by atoms with Crippen LogP contribution in [0.5, 0.6) is 5.75 Å². The molecule has 1 aliphatic rings. The van der Waals surface area contributed by atoms with E-state index in [9.17, 15) is 8.42 Å². The first-order valence-electron chi connectivity index (χ1n) is 7.78. The lowest BCUT2D eigenvalue weighted by Gasteiger charge is -2.25. The van der Waals surface area contributed by atoms with Crippen molar-refractivity contribution in [1.82, 2.24) is 0 Å². The van der Waals surface area contributed by atoms with Crippen LogP contribution < -0.4 is 9.04 Å². The van der Waals surface area contributed by atoms with Crippen molar-refractivity contribution in [3.8, 4) is 5.75 Å². The Balaban J connectivity index is 2.16. The van der Waals surface area contributed by atoms with E-state index >= 15 is 0 Å². The number of nitrogens with zero attached hydrogens (tertiary/aromatic N) is 1. The quantitative estimate of drug-likeness (QED) is 0.863. The van der Waals surface area contributed by atoms with Crippen molar-refractivity contribution < 1.29 is 13.2 Å². The number of rotatable bonds is 4. The second kappa shape index (κ2) is 5.89. The highest BCUT2D eigenvalue weighted by Crippen LogP contribution is 2.38. The molecule has 0 amide bonds. The zero-order chi connectivity index (χ0) is 16.6. The summed E-state index contributed by atoms with van der Waals surface area (Å²) in [4.78, 5) is 0.239. The van der Waals surface area contributed by atoms with Gasteiger partial charge < -0.3 is 4.74 Å². The van der Waals surface area contributed by atoms with E-state index in [2.05, 4.69) is 0 Å². The summed E-state index contributed by atoms with van der Waals surface area (Å²) in [5, 5.41) is 0. The highest BCUT2D eigenvalue weighted by Gasteiger charge is 2.37. The highest BCUT2D eigenvalue weighted by molar-refractivity contribution is 7.93. The minimum atomic E-state index is -3.67. The van der Waals surface area contributed by atoms with Crippen LogP contribution in [0.15, 0.2) is 47.4 Å². The third-order valence-corrected chi connectivity index (χ3v) is 6.27. The van der Waals surface area contributed by atoms with E-state index in [-0.39, 0.29) is 10.9 Å². The Morgan fingerprint density at radius 1 is 1.22 bits per heavy atom. The van der Waals surface area contributed by atoms with Crippen molar-refractivity contribution in [3.63, 3.8) is 0 Å². The summed E-state index contributed by atoms with van der Waals surface area (Å²) < 4.78 is 33.4. The molecule has 0 bridgehead atoms. The Morgan fingerprint density at radius 2 is 1.96 bits per heavy atom. The number of fused-ring (bicyclic) bond motifs is 1. The first-order valence-corrected chi connectivity index (χ1v) is 9.22. The number of aryl methyl sites for hydroxylation is 1. The van der Waals surface area contributed by atoms with Gasteiger partial charge in [0.25, 0.3) is 10.0 Å². The van der Waals surface area contributed by atoms with Gasteiger partial charge in [-0.3, -0.25) is 4.31 Å². The van der Waals surface area contributed by atoms with Gasteiger partial charge in [-0.1, -0.05) is 31.2 Å². The van der Waals surface area contributed by atoms with Gasteiger partial charge in [0.1, 0.15) is 10.6 Å². The lowest BCUT2D eigenvalue weighted by molar-refractivity contribution is 0.402. The number of sulfonamides is 1. The zero-order valence-electron chi connectivity index (χ0n) is 13.6. The predicted molar refractivity (Wildman–Crippen MR) is 91.6 cm³/mol. The van der Waals surface area contributed by atoms with Crippen molar-refractivity contribution in [2.75, 3.05) is 11.4 Å². The van der Waals surface area contributed by atoms with Gasteiger partial charge in [0.2, 0.25) is 0 Å². The van der Waals surface area contributed by atoms with E-state index in [1.165, 1.54) is 11.4 Å². The third-order valence-electron chi connectivity index (χ3n) is 4.32. The average Bonchev–Trinajstić information content (AvgIpc) is 2.90. The number of ether oxygens (including phenoxy) is 1. The molecule has 2 aromatic rings. The zero-order valence-corrected chi connectivity index (χ0v) is 14.4. The van der Waals surface area contributed by atoms with Gasteiger partial charge in [-0.25, -0.2) is 8.42 Å². The molecule has 5 heteroatoms. The summed E-state index contributed by atoms with van der Waals surface area (Å²) in [6.45, 7) is 3.94. The van der Waals surface area contributed by atoms with E-state index in [0.717, 1.165) is 29.7 Å². The maximum absolute atomic E-state index is 13.3. The molecule has 0 spiro atoms. The van der Waals surface area contributed by atoms with Crippen LogP contribution in [0.1, 0.15) is 25.0 Å². The maximum Gasteiger partial charge on any atom is 0.268 e. The maximum atomic E-state index is 13.3. The van der Waals surface area contributed by atoms with Crippen molar-refractivity contribution in [2.45, 2.75) is 37.6 Å². The molecule has 0 N–H and O–H groups in total. The fourth-order valence-electron chi connectivity index (χ4n) is 3.15. The lowest BCUT2D eigenvalue weighted by Crippen LogP contribution is -2.36. The van der Waals surface area contributed by atoms with Gasteiger partial charge in [0.15, 0.2) is 0 Å². The number of methoxy groups -OCH3 is 1. The Morgan fingerprint density at radius 3 is 2.65 bits per heavy atom. The van der Waals surface area contributed by atoms with Gasteiger partial charge in [-0.2, -0.15) is 0 Å².